The second-order valence-corrected chi connectivity index (χ2v) is 8.30. The highest BCUT2D eigenvalue weighted by atomic mass is 19.4. The third kappa shape index (κ3) is 4.21. The van der Waals surface area contributed by atoms with Crippen molar-refractivity contribution in [3.63, 3.8) is 0 Å². The molecule has 0 bridgehead atoms. The summed E-state index contributed by atoms with van der Waals surface area (Å²) in [4.78, 5) is 29.0. The van der Waals surface area contributed by atoms with Gasteiger partial charge in [-0.3, -0.25) is 9.59 Å². The van der Waals surface area contributed by atoms with Crippen LogP contribution in [0, 0.1) is 5.92 Å². The average molecular weight is 409 g/mol. The van der Waals surface area contributed by atoms with Crippen molar-refractivity contribution in [2.24, 2.45) is 5.92 Å². The first-order valence-corrected chi connectivity index (χ1v) is 10.4. The normalized spacial score (nSPS) is 23.3. The van der Waals surface area contributed by atoms with Gasteiger partial charge in [-0.05, 0) is 43.9 Å². The summed E-state index contributed by atoms with van der Waals surface area (Å²) in [5, 5.41) is 2.71. The minimum Gasteiger partial charge on any atom is -0.370 e. The molecule has 1 aromatic carbocycles. The molecule has 0 radical (unpaired) electrons. The number of nitrogens with one attached hydrogen (secondary N) is 1. The van der Waals surface area contributed by atoms with Gasteiger partial charge in [0.15, 0.2) is 0 Å². The molecule has 3 aliphatic rings. The van der Waals surface area contributed by atoms with Crippen LogP contribution in [0.5, 0.6) is 0 Å². The van der Waals surface area contributed by atoms with Gasteiger partial charge in [-0.25, -0.2) is 0 Å². The first-order chi connectivity index (χ1) is 13.8. The van der Waals surface area contributed by atoms with Crippen LogP contribution < -0.4 is 10.2 Å². The number of rotatable bonds is 4. The number of halogens is 3. The highest BCUT2D eigenvalue weighted by molar-refractivity contribution is 5.99. The van der Waals surface area contributed by atoms with Gasteiger partial charge >= 0.3 is 6.18 Å². The molecule has 2 heterocycles. The predicted octanol–water partition coefficient (Wildman–Crippen LogP) is 4.04. The zero-order valence-corrected chi connectivity index (χ0v) is 16.3. The molecular weight excluding hydrogens is 383 g/mol. The van der Waals surface area contributed by atoms with E-state index in [9.17, 15) is 22.8 Å². The van der Waals surface area contributed by atoms with Crippen molar-refractivity contribution in [3.05, 3.63) is 23.8 Å². The topological polar surface area (TPSA) is 52.7 Å². The predicted molar refractivity (Wildman–Crippen MR) is 104 cm³/mol. The van der Waals surface area contributed by atoms with Crippen LogP contribution in [0.1, 0.15) is 50.5 Å². The Hall–Kier alpha value is -2.25. The summed E-state index contributed by atoms with van der Waals surface area (Å²) >= 11 is 0. The number of benzene rings is 1. The van der Waals surface area contributed by atoms with E-state index in [0.29, 0.717) is 12.2 Å². The Labute approximate surface area is 168 Å². The van der Waals surface area contributed by atoms with Gasteiger partial charge in [0, 0.05) is 32.1 Å². The molecule has 4 rings (SSSR count). The summed E-state index contributed by atoms with van der Waals surface area (Å²) in [5.41, 5.74) is 0.00476. The molecule has 1 aliphatic carbocycles. The lowest BCUT2D eigenvalue weighted by atomic mass is 10.1. The summed E-state index contributed by atoms with van der Waals surface area (Å²) in [6.07, 6.45) is 1.71. The molecule has 2 amide bonds. The number of anilines is 2. The third-order valence-electron chi connectivity index (χ3n) is 6.32. The van der Waals surface area contributed by atoms with E-state index in [1.807, 2.05) is 4.90 Å². The van der Waals surface area contributed by atoms with Gasteiger partial charge in [-0.1, -0.05) is 12.8 Å². The van der Waals surface area contributed by atoms with Crippen molar-refractivity contribution >= 4 is 23.2 Å². The molecule has 1 saturated carbocycles. The lowest BCUT2D eigenvalue weighted by Crippen LogP contribution is -2.35. The summed E-state index contributed by atoms with van der Waals surface area (Å²) in [6.45, 7) is 1.87. The molecule has 5 nitrogen and oxygen atoms in total. The molecule has 1 atom stereocenters. The quantitative estimate of drug-likeness (QED) is 0.817. The number of nitrogens with zero attached hydrogens (tertiary/aromatic N) is 2. The van der Waals surface area contributed by atoms with Crippen molar-refractivity contribution < 1.29 is 22.8 Å². The Morgan fingerprint density at radius 2 is 1.76 bits per heavy atom. The molecule has 8 heteroatoms. The molecule has 29 heavy (non-hydrogen) atoms. The fourth-order valence-electron chi connectivity index (χ4n) is 4.76. The smallest absolute Gasteiger partial charge is 0.370 e. The number of amides is 2. The van der Waals surface area contributed by atoms with Gasteiger partial charge in [-0.15, -0.1) is 0 Å². The lowest BCUT2D eigenvalue weighted by molar-refractivity contribution is -0.137. The minimum atomic E-state index is -4.48. The first kappa shape index (κ1) is 20.0. The van der Waals surface area contributed by atoms with Gasteiger partial charge < -0.3 is 15.1 Å². The van der Waals surface area contributed by atoms with Gasteiger partial charge in [0.1, 0.15) is 0 Å². The van der Waals surface area contributed by atoms with Gasteiger partial charge in [0.25, 0.3) is 0 Å². The number of hydrogen-bond donors (Lipinski definition) is 1. The maximum atomic E-state index is 13.2. The van der Waals surface area contributed by atoms with Crippen LogP contribution in [0.3, 0.4) is 0 Å². The van der Waals surface area contributed by atoms with Gasteiger partial charge in [0.2, 0.25) is 11.8 Å². The monoisotopic (exact) mass is 409 g/mol. The highest BCUT2D eigenvalue weighted by Crippen LogP contribution is 2.37. The van der Waals surface area contributed by atoms with Crippen molar-refractivity contribution in [1.82, 2.24) is 4.90 Å². The van der Waals surface area contributed by atoms with Crippen LogP contribution in [0.25, 0.3) is 0 Å². The van der Waals surface area contributed by atoms with Crippen LogP contribution in [0.2, 0.25) is 0 Å². The number of likely N-dealkylation sites (tertiary alicyclic amines) is 1. The van der Waals surface area contributed by atoms with Crippen LogP contribution in [-0.2, 0) is 15.8 Å². The standard InChI is InChI=1S/C21H26F3N3O2/c22-21(23,24)15-7-8-18(26-9-3-4-10-26)17(12-15)25-20(29)14-11-19(28)27(13-14)16-5-1-2-6-16/h7-8,12,14,16H,1-6,9-11,13H2,(H,25,29)/t14-/m1/s1. The Morgan fingerprint density at radius 1 is 1.07 bits per heavy atom. The van der Waals surface area contributed by atoms with Crippen LogP contribution in [-0.4, -0.2) is 42.4 Å². The fraction of sp³-hybridized carbons (Fsp3) is 0.619. The van der Waals surface area contributed by atoms with E-state index >= 15 is 0 Å². The second kappa shape index (κ2) is 7.88. The van der Waals surface area contributed by atoms with Crippen molar-refractivity contribution in [3.8, 4) is 0 Å². The van der Waals surface area contributed by atoms with Crippen LogP contribution in [0.15, 0.2) is 18.2 Å². The Bertz CT molecular complexity index is 784. The molecule has 0 spiro atoms. The van der Waals surface area contributed by atoms with E-state index in [1.54, 1.807) is 4.90 Å². The molecular formula is C21H26F3N3O2. The highest BCUT2D eigenvalue weighted by Gasteiger charge is 2.39. The largest absolute Gasteiger partial charge is 0.416 e. The fourth-order valence-corrected chi connectivity index (χ4v) is 4.76. The minimum absolute atomic E-state index is 0.0270. The molecule has 2 aliphatic heterocycles. The summed E-state index contributed by atoms with van der Waals surface area (Å²) in [6, 6.07) is 3.71. The Balaban J connectivity index is 1.52. The maximum Gasteiger partial charge on any atom is 0.416 e. The molecule has 1 aromatic rings. The van der Waals surface area contributed by atoms with Gasteiger partial charge in [-0.2, -0.15) is 13.2 Å². The third-order valence-corrected chi connectivity index (χ3v) is 6.32. The van der Waals surface area contributed by atoms with Crippen molar-refractivity contribution in [2.75, 3.05) is 29.9 Å². The van der Waals surface area contributed by atoms with Crippen molar-refractivity contribution in [1.29, 1.82) is 0 Å². The van der Waals surface area contributed by atoms with E-state index in [0.717, 1.165) is 63.7 Å². The molecule has 0 unspecified atom stereocenters. The van der Waals surface area contributed by atoms with E-state index in [1.165, 1.54) is 6.07 Å². The number of carbonyl (C=O) groups is 2. The van der Waals surface area contributed by atoms with Crippen molar-refractivity contribution in [2.45, 2.75) is 57.2 Å². The van der Waals surface area contributed by atoms with E-state index in [4.69, 9.17) is 0 Å². The molecule has 2 saturated heterocycles. The summed E-state index contributed by atoms with van der Waals surface area (Å²) in [7, 11) is 0. The van der Waals surface area contributed by atoms with E-state index < -0.39 is 17.7 Å². The van der Waals surface area contributed by atoms with E-state index in [2.05, 4.69) is 5.32 Å². The molecule has 0 aromatic heterocycles. The second-order valence-electron chi connectivity index (χ2n) is 8.30. The number of hydrogen-bond acceptors (Lipinski definition) is 3. The summed E-state index contributed by atoms with van der Waals surface area (Å²) in [5.74, 6) is -0.927. The molecule has 1 N–H and O–H groups in total. The van der Waals surface area contributed by atoms with E-state index in [-0.39, 0.29) is 30.0 Å². The Morgan fingerprint density at radius 3 is 2.41 bits per heavy atom. The SMILES string of the molecule is O=C(Nc1cc(C(F)(F)F)ccc1N1CCCC1)[C@@H]1CC(=O)N(C2CCCC2)C1. The van der Waals surface area contributed by atoms with Crippen LogP contribution in [0.4, 0.5) is 24.5 Å². The zero-order valence-electron chi connectivity index (χ0n) is 16.3. The number of carbonyl (C=O) groups excluding carboxylic acids is 2. The maximum absolute atomic E-state index is 13.2. The lowest BCUT2D eigenvalue weighted by Gasteiger charge is -2.25. The number of alkyl halides is 3. The first-order valence-electron chi connectivity index (χ1n) is 10.4. The van der Waals surface area contributed by atoms with Gasteiger partial charge in [0.05, 0.1) is 22.9 Å². The van der Waals surface area contributed by atoms with Crippen LogP contribution >= 0.6 is 0 Å². The summed E-state index contributed by atoms with van der Waals surface area (Å²) < 4.78 is 39.6. The average Bonchev–Trinajstić information content (AvgIpc) is 3.42. The Kier molecular flexibility index (Phi) is 5.44. The zero-order chi connectivity index (χ0) is 20.6. The molecule has 158 valence electrons. The molecule has 3 fully saturated rings.